The zero-order chi connectivity index (χ0) is 18.7. The lowest BCUT2D eigenvalue weighted by molar-refractivity contribution is 0.0528. The van der Waals surface area contributed by atoms with E-state index in [0.717, 1.165) is 11.3 Å². The average molecular weight is 351 g/mol. The van der Waals surface area contributed by atoms with Gasteiger partial charge in [-0.2, -0.15) is 0 Å². The van der Waals surface area contributed by atoms with Gasteiger partial charge in [0.25, 0.3) is 0 Å². The van der Waals surface area contributed by atoms with Gasteiger partial charge in [0.05, 0.1) is 6.61 Å². The molecule has 7 heteroatoms. The normalized spacial score (nSPS) is 10.7. The van der Waals surface area contributed by atoms with Crippen LogP contribution in [0.15, 0.2) is 24.3 Å². The fraction of sp³-hybridized carbons (Fsp3) is 0.556. The van der Waals surface area contributed by atoms with Crippen LogP contribution in [-0.4, -0.2) is 44.0 Å². The quantitative estimate of drug-likeness (QED) is 0.628. The minimum absolute atomic E-state index is 0.276. The molecule has 0 saturated heterocycles. The van der Waals surface area contributed by atoms with E-state index >= 15 is 0 Å². The molecule has 140 valence electrons. The summed E-state index contributed by atoms with van der Waals surface area (Å²) in [5, 5.41) is 7.96. The Morgan fingerprint density at radius 1 is 1.00 bits per heavy atom. The molecule has 0 atom stereocenters. The largest absolute Gasteiger partial charge is 0.493 e. The Bertz CT molecular complexity index is 555. The standard InChI is InChI=1S/C18H29N3O4/c1-14-8-5-6-9-15(14)24-13-7-10-19-16(22)20-11-12-21-17(23)25-18(2,3)4/h5-6,8-9H,7,10-13H2,1-4H3,(H,21,23)(H2,19,20,22). The number of aryl methyl sites for hydroxylation is 1. The molecule has 1 aromatic rings. The zero-order valence-corrected chi connectivity index (χ0v) is 15.5. The van der Waals surface area contributed by atoms with Crippen molar-refractivity contribution in [3.8, 4) is 5.75 Å². The van der Waals surface area contributed by atoms with E-state index < -0.39 is 11.7 Å². The molecule has 3 N–H and O–H groups in total. The Kier molecular flexibility index (Phi) is 8.60. The summed E-state index contributed by atoms with van der Waals surface area (Å²) >= 11 is 0. The van der Waals surface area contributed by atoms with Gasteiger partial charge >= 0.3 is 12.1 Å². The number of nitrogens with one attached hydrogen (secondary N) is 3. The summed E-state index contributed by atoms with van der Waals surface area (Å²) in [4.78, 5) is 23.0. The molecule has 0 bridgehead atoms. The highest BCUT2D eigenvalue weighted by molar-refractivity contribution is 5.73. The number of carbonyl (C=O) groups is 2. The lowest BCUT2D eigenvalue weighted by atomic mass is 10.2. The second-order valence-corrected chi connectivity index (χ2v) is 6.58. The predicted molar refractivity (Wildman–Crippen MR) is 96.9 cm³/mol. The van der Waals surface area contributed by atoms with Gasteiger partial charge in [-0.05, 0) is 45.7 Å². The Balaban J connectivity index is 2.02. The number of ether oxygens (including phenoxy) is 2. The van der Waals surface area contributed by atoms with E-state index in [2.05, 4.69) is 16.0 Å². The summed E-state index contributed by atoms with van der Waals surface area (Å²) in [5.41, 5.74) is 0.556. The highest BCUT2D eigenvalue weighted by Gasteiger charge is 2.15. The van der Waals surface area contributed by atoms with E-state index in [9.17, 15) is 9.59 Å². The third-order valence-corrected chi connectivity index (χ3v) is 3.04. The highest BCUT2D eigenvalue weighted by atomic mass is 16.6. The van der Waals surface area contributed by atoms with Crippen LogP contribution in [0, 0.1) is 6.92 Å². The number of amides is 3. The fourth-order valence-electron chi connectivity index (χ4n) is 1.89. The molecule has 3 amide bonds. The molecule has 0 heterocycles. The van der Waals surface area contributed by atoms with Crippen molar-refractivity contribution in [1.29, 1.82) is 0 Å². The number of hydrogen-bond donors (Lipinski definition) is 3. The van der Waals surface area contributed by atoms with Crippen LogP contribution in [0.2, 0.25) is 0 Å². The molecule has 7 nitrogen and oxygen atoms in total. The van der Waals surface area contributed by atoms with Gasteiger partial charge in [-0.15, -0.1) is 0 Å². The van der Waals surface area contributed by atoms with Gasteiger partial charge in [0.2, 0.25) is 0 Å². The van der Waals surface area contributed by atoms with E-state index in [1.54, 1.807) is 20.8 Å². The first-order valence-electron chi connectivity index (χ1n) is 8.45. The summed E-state index contributed by atoms with van der Waals surface area (Å²) < 4.78 is 10.7. The molecule has 0 fully saturated rings. The summed E-state index contributed by atoms with van der Waals surface area (Å²) in [7, 11) is 0. The molecule has 1 rings (SSSR count). The summed E-state index contributed by atoms with van der Waals surface area (Å²) in [6, 6.07) is 7.53. The monoisotopic (exact) mass is 351 g/mol. The van der Waals surface area contributed by atoms with Crippen molar-refractivity contribution >= 4 is 12.1 Å². The zero-order valence-electron chi connectivity index (χ0n) is 15.5. The number of para-hydroxylation sites is 1. The van der Waals surface area contributed by atoms with Crippen molar-refractivity contribution in [2.24, 2.45) is 0 Å². The molecule has 0 aliphatic rings. The first-order chi connectivity index (χ1) is 11.8. The maximum absolute atomic E-state index is 11.6. The van der Waals surface area contributed by atoms with E-state index in [1.165, 1.54) is 0 Å². The Labute approximate surface area is 149 Å². The first-order valence-corrected chi connectivity index (χ1v) is 8.45. The maximum atomic E-state index is 11.6. The van der Waals surface area contributed by atoms with Crippen LogP contribution < -0.4 is 20.7 Å². The molecule has 0 aliphatic carbocycles. The summed E-state index contributed by atoms with van der Waals surface area (Å²) in [5.74, 6) is 0.861. The number of alkyl carbamates (subject to hydrolysis) is 1. The van der Waals surface area contributed by atoms with Crippen molar-refractivity contribution in [3.63, 3.8) is 0 Å². The van der Waals surface area contributed by atoms with Crippen molar-refractivity contribution in [3.05, 3.63) is 29.8 Å². The molecule has 25 heavy (non-hydrogen) atoms. The number of carbonyl (C=O) groups excluding carboxylic acids is 2. The van der Waals surface area contributed by atoms with E-state index in [0.29, 0.717) is 32.7 Å². The van der Waals surface area contributed by atoms with Gasteiger partial charge in [-0.1, -0.05) is 18.2 Å². The van der Waals surface area contributed by atoms with Crippen molar-refractivity contribution < 1.29 is 19.1 Å². The van der Waals surface area contributed by atoms with Crippen molar-refractivity contribution in [2.45, 2.75) is 39.7 Å². The SMILES string of the molecule is Cc1ccccc1OCCCNC(=O)NCCNC(=O)OC(C)(C)C. The molecular formula is C18H29N3O4. The summed E-state index contributed by atoms with van der Waals surface area (Å²) in [6.45, 7) is 9.04. The molecule has 0 saturated carbocycles. The molecule has 1 aromatic carbocycles. The fourth-order valence-corrected chi connectivity index (χ4v) is 1.89. The Hall–Kier alpha value is -2.44. The van der Waals surface area contributed by atoms with Crippen LogP contribution in [0.5, 0.6) is 5.75 Å². The minimum atomic E-state index is -0.532. The van der Waals surface area contributed by atoms with Crippen LogP contribution >= 0.6 is 0 Å². The Morgan fingerprint density at radius 3 is 2.32 bits per heavy atom. The van der Waals surface area contributed by atoms with Crippen LogP contribution in [0.4, 0.5) is 9.59 Å². The number of rotatable bonds is 8. The van der Waals surface area contributed by atoms with Gasteiger partial charge in [-0.25, -0.2) is 9.59 Å². The average Bonchev–Trinajstić information content (AvgIpc) is 2.51. The van der Waals surface area contributed by atoms with Gasteiger partial charge in [0.15, 0.2) is 0 Å². The molecular weight excluding hydrogens is 322 g/mol. The molecule has 0 unspecified atom stereocenters. The number of benzene rings is 1. The van der Waals surface area contributed by atoms with Crippen LogP contribution in [0.25, 0.3) is 0 Å². The van der Waals surface area contributed by atoms with Crippen molar-refractivity contribution in [2.75, 3.05) is 26.2 Å². The Morgan fingerprint density at radius 2 is 1.64 bits per heavy atom. The number of hydrogen-bond acceptors (Lipinski definition) is 4. The van der Waals surface area contributed by atoms with Crippen LogP contribution in [0.1, 0.15) is 32.8 Å². The molecule has 0 radical (unpaired) electrons. The van der Waals surface area contributed by atoms with Crippen molar-refractivity contribution in [1.82, 2.24) is 16.0 Å². The highest BCUT2D eigenvalue weighted by Crippen LogP contribution is 2.15. The van der Waals surface area contributed by atoms with Gasteiger partial charge in [0.1, 0.15) is 11.4 Å². The third kappa shape index (κ3) is 10.1. The van der Waals surface area contributed by atoms with E-state index in [-0.39, 0.29) is 6.03 Å². The van der Waals surface area contributed by atoms with Gasteiger partial charge in [-0.3, -0.25) is 0 Å². The van der Waals surface area contributed by atoms with E-state index in [4.69, 9.17) is 9.47 Å². The lowest BCUT2D eigenvalue weighted by Gasteiger charge is -2.19. The smallest absolute Gasteiger partial charge is 0.407 e. The van der Waals surface area contributed by atoms with Gasteiger partial charge in [0, 0.05) is 19.6 Å². The van der Waals surface area contributed by atoms with E-state index in [1.807, 2.05) is 31.2 Å². The molecule has 0 spiro atoms. The third-order valence-electron chi connectivity index (χ3n) is 3.04. The maximum Gasteiger partial charge on any atom is 0.407 e. The number of urea groups is 1. The molecule has 0 aliphatic heterocycles. The van der Waals surface area contributed by atoms with Crippen LogP contribution in [0.3, 0.4) is 0 Å². The second-order valence-electron chi connectivity index (χ2n) is 6.58. The first kappa shape index (κ1) is 20.6. The summed E-state index contributed by atoms with van der Waals surface area (Å²) in [6.07, 6.45) is 0.209. The second kappa shape index (κ2) is 10.4. The molecule has 0 aromatic heterocycles. The predicted octanol–water partition coefficient (Wildman–Crippen LogP) is 2.59. The lowest BCUT2D eigenvalue weighted by Crippen LogP contribution is -2.41. The topological polar surface area (TPSA) is 88.7 Å². The van der Waals surface area contributed by atoms with Crippen LogP contribution in [-0.2, 0) is 4.74 Å². The minimum Gasteiger partial charge on any atom is -0.493 e. The van der Waals surface area contributed by atoms with Gasteiger partial charge < -0.3 is 25.4 Å².